The van der Waals surface area contributed by atoms with Gasteiger partial charge in [0.2, 0.25) is 0 Å². The van der Waals surface area contributed by atoms with Crippen LogP contribution >= 0.6 is 11.8 Å². The van der Waals surface area contributed by atoms with Gasteiger partial charge in [-0.1, -0.05) is 0 Å². The molecule has 0 aromatic rings. The van der Waals surface area contributed by atoms with Crippen LogP contribution in [0.1, 0.15) is 12.8 Å². The molecular formula is C12H24N2OS. The fraction of sp³-hybridized carbons (Fsp3) is 1.00. The van der Waals surface area contributed by atoms with Crippen molar-refractivity contribution in [3.05, 3.63) is 0 Å². The Balaban J connectivity index is 1.96. The van der Waals surface area contributed by atoms with E-state index in [1.165, 1.54) is 30.9 Å². The zero-order valence-electron chi connectivity index (χ0n) is 10.4. The van der Waals surface area contributed by atoms with E-state index in [0.29, 0.717) is 12.1 Å². The maximum Gasteiger partial charge on any atom is 0.0469 e. The Bertz CT molecular complexity index is 209. The van der Waals surface area contributed by atoms with Crippen LogP contribution in [0.4, 0.5) is 0 Å². The minimum absolute atomic E-state index is 0.640. The first-order chi connectivity index (χ1) is 7.83. The average Bonchev–Trinajstić information content (AvgIpc) is 2.34. The molecule has 0 aromatic carbocycles. The Kier molecular flexibility index (Phi) is 4.95. The summed E-state index contributed by atoms with van der Waals surface area (Å²) in [6.07, 6.45) is 2.45. The third-order valence-corrected chi connectivity index (χ3v) is 5.01. The molecule has 2 aliphatic rings. The van der Waals surface area contributed by atoms with E-state index < -0.39 is 0 Å². The van der Waals surface area contributed by atoms with Crippen LogP contribution in [0, 0.1) is 5.92 Å². The first-order valence-corrected chi connectivity index (χ1v) is 7.51. The van der Waals surface area contributed by atoms with Gasteiger partial charge in [0.25, 0.3) is 0 Å². The maximum absolute atomic E-state index is 5.46. The van der Waals surface area contributed by atoms with Crippen LogP contribution in [0.25, 0.3) is 0 Å². The number of ether oxygens (including phenoxy) is 1. The van der Waals surface area contributed by atoms with Gasteiger partial charge >= 0.3 is 0 Å². The zero-order valence-corrected chi connectivity index (χ0v) is 11.3. The maximum atomic E-state index is 5.46. The summed E-state index contributed by atoms with van der Waals surface area (Å²) >= 11 is 2.10. The van der Waals surface area contributed by atoms with Crippen molar-refractivity contribution in [2.75, 3.05) is 45.4 Å². The van der Waals surface area contributed by atoms with Crippen LogP contribution in [-0.2, 0) is 4.74 Å². The quantitative estimate of drug-likeness (QED) is 0.802. The molecule has 2 fully saturated rings. The highest BCUT2D eigenvalue weighted by atomic mass is 32.2. The number of rotatable bonds is 3. The van der Waals surface area contributed by atoms with Crippen molar-refractivity contribution >= 4 is 11.8 Å². The highest BCUT2D eigenvalue weighted by molar-refractivity contribution is 7.99. The number of nitrogens with zero attached hydrogens (tertiary/aromatic N) is 1. The third-order valence-electron chi connectivity index (χ3n) is 3.96. The molecule has 0 aromatic heterocycles. The Labute approximate surface area is 103 Å². The fourth-order valence-corrected chi connectivity index (χ4v) is 4.19. The highest BCUT2D eigenvalue weighted by Gasteiger charge is 2.33. The molecule has 2 heterocycles. The van der Waals surface area contributed by atoms with Crippen molar-refractivity contribution in [2.24, 2.45) is 5.92 Å². The Morgan fingerprint density at radius 1 is 1.38 bits per heavy atom. The summed E-state index contributed by atoms with van der Waals surface area (Å²) in [6.45, 7) is 3.13. The first kappa shape index (κ1) is 12.7. The smallest absolute Gasteiger partial charge is 0.0469 e. The van der Waals surface area contributed by atoms with Crippen LogP contribution in [0.2, 0.25) is 0 Å². The zero-order chi connectivity index (χ0) is 11.4. The summed E-state index contributed by atoms with van der Waals surface area (Å²) in [5.41, 5.74) is 0. The van der Waals surface area contributed by atoms with E-state index in [9.17, 15) is 0 Å². The van der Waals surface area contributed by atoms with Crippen LogP contribution in [0.3, 0.4) is 0 Å². The summed E-state index contributed by atoms with van der Waals surface area (Å²) < 4.78 is 5.46. The largest absolute Gasteiger partial charge is 0.381 e. The lowest BCUT2D eigenvalue weighted by atomic mass is 9.87. The lowest BCUT2D eigenvalue weighted by Crippen LogP contribution is -2.55. The second-order valence-electron chi connectivity index (χ2n) is 4.89. The monoisotopic (exact) mass is 244 g/mol. The fourth-order valence-electron chi connectivity index (χ4n) is 2.90. The van der Waals surface area contributed by atoms with Crippen LogP contribution in [0.15, 0.2) is 0 Å². The summed E-state index contributed by atoms with van der Waals surface area (Å²) in [5, 5.41) is 3.56. The molecule has 94 valence electrons. The van der Waals surface area contributed by atoms with Gasteiger partial charge in [0.05, 0.1) is 0 Å². The van der Waals surface area contributed by atoms with Crippen LogP contribution < -0.4 is 5.32 Å². The molecule has 4 heteroatoms. The average molecular weight is 244 g/mol. The molecule has 0 aliphatic carbocycles. The van der Waals surface area contributed by atoms with Gasteiger partial charge in [0.1, 0.15) is 0 Å². The van der Waals surface area contributed by atoms with Gasteiger partial charge in [-0.15, -0.1) is 0 Å². The molecule has 0 radical (unpaired) electrons. The van der Waals surface area contributed by atoms with E-state index >= 15 is 0 Å². The van der Waals surface area contributed by atoms with Crippen molar-refractivity contribution in [1.29, 1.82) is 0 Å². The van der Waals surface area contributed by atoms with Crippen molar-refractivity contribution in [2.45, 2.75) is 24.9 Å². The Morgan fingerprint density at radius 2 is 2.12 bits per heavy atom. The van der Waals surface area contributed by atoms with Gasteiger partial charge in [0.15, 0.2) is 0 Å². The molecule has 0 spiro atoms. The predicted molar refractivity (Wildman–Crippen MR) is 70.1 cm³/mol. The number of thioether (sulfide) groups is 1. The number of likely N-dealkylation sites (N-methyl/N-ethyl adjacent to an activating group) is 2. The van der Waals surface area contributed by atoms with Crippen LogP contribution in [0.5, 0.6) is 0 Å². The lowest BCUT2D eigenvalue weighted by Gasteiger charge is -2.42. The van der Waals surface area contributed by atoms with Gasteiger partial charge in [-0.2, -0.15) is 11.8 Å². The second-order valence-corrected chi connectivity index (χ2v) is 6.04. The topological polar surface area (TPSA) is 24.5 Å². The lowest BCUT2D eigenvalue weighted by molar-refractivity contribution is 0.0410. The van der Waals surface area contributed by atoms with Gasteiger partial charge in [-0.3, -0.25) is 0 Å². The standard InChI is InChI=1S/C12H24N2OS/c1-13-12(10-3-6-15-7-4-10)11-9-16-8-5-14(11)2/h10-13H,3-9H2,1-2H3. The van der Waals surface area contributed by atoms with Crippen molar-refractivity contribution in [3.63, 3.8) is 0 Å². The molecule has 2 saturated heterocycles. The molecule has 3 nitrogen and oxygen atoms in total. The van der Waals surface area contributed by atoms with Crippen molar-refractivity contribution in [3.8, 4) is 0 Å². The Hall–Kier alpha value is 0.230. The van der Waals surface area contributed by atoms with E-state index in [0.717, 1.165) is 19.1 Å². The van der Waals surface area contributed by atoms with E-state index in [4.69, 9.17) is 4.74 Å². The van der Waals surface area contributed by atoms with Crippen molar-refractivity contribution < 1.29 is 4.74 Å². The molecule has 2 unspecified atom stereocenters. The van der Waals surface area contributed by atoms with E-state index in [1.807, 2.05) is 0 Å². The van der Waals surface area contributed by atoms with Gasteiger partial charge in [0, 0.05) is 43.3 Å². The summed E-state index contributed by atoms with van der Waals surface area (Å²) in [4.78, 5) is 2.53. The normalized spacial score (nSPS) is 31.5. The number of hydrogen-bond donors (Lipinski definition) is 1. The molecule has 0 amide bonds. The second kappa shape index (κ2) is 6.24. The SMILES string of the molecule is CNC(C1CCOCC1)C1CSCCN1C. The minimum Gasteiger partial charge on any atom is -0.381 e. The van der Waals surface area contributed by atoms with Gasteiger partial charge in [-0.05, 0) is 32.9 Å². The minimum atomic E-state index is 0.640. The molecule has 0 saturated carbocycles. The Morgan fingerprint density at radius 3 is 2.75 bits per heavy atom. The van der Waals surface area contributed by atoms with Crippen molar-refractivity contribution in [1.82, 2.24) is 10.2 Å². The summed E-state index contributed by atoms with van der Waals surface area (Å²) in [7, 11) is 4.39. The molecule has 0 bridgehead atoms. The molecule has 1 N–H and O–H groups in total. The number of nitrogens with one attached hydrogen (secondary N) is 1. The highest BCUT2D eigenvalue weighted by Crippen LogP contribution is 2.26. The molecule has 2 atom stereocenters. The molecule has 16 heavy (non-hydrogen) atoms. The summed E-state index contributed by atoms with van der Waals surface area (Å²) in [5.74, 6) is 3.36. The number of hydrogen-bond acceptors (Lipinski definition) is 4. The molecule has 2 aliphatic heterocycles. The van der Waals surface area contributed by atoms with Gasteiger partial charge in [-0.25, -0.2) is 0 Å². The third kappa shape index (κ3) is 2.92. The van der Waals surface area contributed by atoms with E-state index in [2.05, 4.69) is 36.1 Å². The first-order valence-electron chi connectivity index (χ1n) is 6.36. The molecular weight excluding hydrogens is 220 g/mol. The van der Waals surface area contributed by atoms with E-state index in [-0.39, 0.29) is 0 Å². The summed E-state index contributed by atoms with van der Waals surface area (Å²) in [6, 6.07) is 1.34. The molecule has 2 rings (SSSR count). The predicted octanol–water partition coefficient (Wildman–Crippen LogP) is 1.05. The van der Waals surface area contributed by atoms with Crippen LogP contribution in [-0.4, -0.2) is 62.3 Å². The van der Waals surface area contributed by atoms with Gasteiger partial charge < -0.3 is 15.0 Å². The van der Waals surface area contributed by atoms with E-state index in [1.54, 1.807) is 0 Å².